The molecule has 0 spiro atoms. The predicted molar refractivity (Wildman–Crippen MR) is 51.4 cm³/mol. The molecule has 14 heavy (non-hydrogen) atoms. The van der Waals surface area contributed by atoms with Gasteiger partial charge in [0.05, 0.1) is 12.2 Å². The molecule has 5 heteroatoms. The highest BCUT2D eigenvalue weighted by molar-refractivity contribution is 5.81. The summed E-state index contributed by atoms with van der Waals surface area (Å²) in [4.78, 5) is 15.2. The Balaban J connectivity index is 2.59. The molecule has 1 amide bonds. The number of amides is 1. The van der Waals surface area contributed by atoms with Crippen molar-refractivity contribution in [1.82, 2.24) is 10.3 Å². The van der Waals surface area contributed by atoms with E-state index in [4.69, 9.17) is 10.2 Å². The monoisotopic (exact) mass is 197 g/mol. The Morgan fingerprint density at radius 2 is 2.29 bits per heavy atom. The van der Waals surface area contributed by atoms with E-state index >= 15 is 0 Å². The number of hydrogen-bond donors (Lipinski definition) is 2. The Hall–Kier alpha value is -1.36. The van der Waals surface area contributed by atoms with Crippen LogP contribution in [0.15, 0.2) is 10.6 Å². The summed E-state index contributed by atoms with van der Waals surface area (Å²) in [6.45, 7) is 5.23. The number of nitrogens with zero attached hydrogens (tertiary/aromatic N) is 1. The van der Waals surface area contributed by atoms with Crippen LogP contribution in [0, 0.1) is 6.92 Å². The molecule has 1 aromatic rings. The van der Waals surface area contributed by atoms with Gasteiger partial charge in [-0.05, 0) is 20.8 Å². The van der Waals surface area contributed by atoms with E-state index in [1.807, 2.05) is 0 Å². The molecule has 0 radical (unpaired) electrons. The van der Waals surface area contributed by atoms with Crippen molar-refractivity contribution in [3.8, 4) is 0 Å². The topological polar surface area (TPSA) is 81.2 Å². The zero-order chi connectivity index (χ0) is 10.7. The van der Waals surface area contributed by atoms with Crippen molar-refractivity contribution in [1.29, 1.82) is 0 Å². The van der Waals surface area contributed by atoms with Crippen LogP contribution in [0.5, 0.6) is 0 Å². The molecule has 78 valence electrons. The molecule has 0 saturated heterocycles. The molecular weight excluding hydrogens is 182 g/mol. The average molecular weight is 197 g/mol. The lowest BCUT2D eigenvalue weighted by Gasteiger charge is -2.11. The second-order valence-corrected chi connectivity index (χ2v) is 3.33. The first-order valence-electron chi connectivity index (χ1n) is 4.49. The third-order valence-electron chi connectivity index (χ3n) is 1.78. The van der Waals surface area contributed by atoms with Crippen molar-refractivity contribution in [2.75, 3.05) is 0 Å². The number of hydrogen-bond acceptors (Lipinski definition) is 4. The zero-order valence-electron chi connectivity index (χ0n) is 8.57. The first-order chi connectivity index (χ1) is 6.50. The van der Waals surface area contributed by atoms with Gasteiger partial charge in [0.2, 0.25) is 11.8 Å². The van der Waals surface area contributed by atoms with Crippen LogP contribution in [-0.2, 0) is 4.79 Å². The second kappa shape index (κ2) is 4.23. The van der Waals surface area contributed by atoms with Gasteiger partial charge in [0.15, 0.2) is 0 Å². The van der Waals surface area contributed by atoms with Crippen LogP contribution in [0.3, 0.4) is 0 Å². The maximum absolute atomic E-state index is 11.2. The van der Waals surface area contributed by atoms with Gasteiger partial charge >= 0.3 is 0 Å². The Morgan fingerprint density at radius 3 is 2.71 bits per heavy atom. The molecule has 2 unspecified atom stereocenters. The Kier molecular flexibility index (Phi) is 3.24. The van der Waals surface area contributed by atoms with Gasteiger partial charge in [-0.15, -0.1) is 0 Å². The number of rotatable bonds is 3. The number of nitrogens with one attached hydrogen (secondary N) is 1. The standard InChI is InChI=1S/C9H15N3O2/c1-5-4-11-9(14-5)7(3)12-8(13)6(2)10/h4,6-7H,10H2,1-3H3,(H,12,13). The fourth-order valence-corrected chi connectivity index (χ4v) is 0.979. The lowest BCUT2D eigenvalue weighted by atomic mass is 10.3. The summed E-state index contributed by atoms with van der Waals surface area (Å²) < 4.78 is 5.26. The van der Waals surface area contributed by atoms with E-state index in [2.05, 4.69) is 10.3 Å². The minimum Gasteiger partial charge on any atom is -0.444 e. The van der Waals surface area contributed by atoms with Crippen LogP contribution in [0.4, 0.5) is 0 Å². The molecule has 0 fully saturated rings. The van der Waals surface area contributed by atoms with Crippen LogP contribution in [0.2, 0.25) is 0 Å². The molecule has 0 aliphatic rings. The Labute approximate surface area is 82.7 Å². The number of carbonyl (C=O) groups excluding carboxylic acids is 1. The maximum Gasteiger partial charge on any atom is 0.237 e. The van der Waals surface area contributed by atoms with Gasteiger partial charge in [0.1, 0.15) is 11.8 Å². The van der Waals surface area contributed by atoms with E-state index < -0.39 is 6.04 Å². The van der Waals surface area contributed by atoms with Gasteiger partial charge in [0, 0.05) is 0 Å². The van der Waals surface area contributed by atoms with Crippen LogP contribution in [-0.4, -0.2) is 16.9 Å². The van der Waals surface area contributed by atoms with E-state index in [9.17, 15) is 4.79 Å². The van der Waals surface area contributed by atoms with Gasteiger partial charge in [-0.1, -0.05) is 0 Å². The number of aryl methyl sites for hydroxylation is 1. The SMILES string of the molecule is Cc1cnc(C(C)NC(=O)C(C)N)o1. The highest BCUT2D eigenvalue weighted by Crippen LogP contribution is 2.11. The van der Waals surface area contributed by atoms with Crippen molar-refractivity contribution < 1.29 is 9.21 Å². The largest absolute Gasteiger partial charge is 0.444 e. The molecule has 2 atom stereocenters. The summed E-state index contributed by atoms with van der Waals surface area (Å²) >= 11 is 0. The van der Waals surface area contributed by atoms with Crippen molar-refractivity contribution in [2.45, 2.75) is 32.9 Å². The first-order valence-corrected chi connectivity index (χ1v) is 4.49. The van der Waals surface area contributed by atoms with Crippen LogP contribution in [0.25, 0.3) is 0 Å². The van der Waals surface area contributed by atoms with Gasteiger partial charge in [-0.3, -0.25) is 4.79 Å². The minimum absolute atomic E-state index is 0.214. The summed E-state index contributed by atoms with van der Waals surface area (Å²) in [5.74, 6) is 1.01. The van der Waals surface area contributed by atoms with Gasteiger partial charge in [-0.25, -0.2) is 4.98 Å². The number of oxazole rings is 1. The number of nitrogens with two attached hydrogens (primary N) is 1. The number of carbonyl (C=O) groups is 1. The van der Waals surface area contributed by atoms with E-state index in [1.54, 1.807) is 27.0 Å². The lowest BCUT2D eigenvalue weighted by Crippen LogP contribution is -2.39. The lowest BCUT2D eigenvalue weighted by molar-refractivity contribution is -0.122. The van der Waals surface area contributed by atoms with Crippen LogP contribution < -0.4 is 11.1 Å². The molecule has 3 N–H and O–H groups in total. The Bertz CT molecular complexity index is 320. The highest BCUT2D eigenvalue weighted by atomic mass is 16.4. The summed E-state index contributed by atoms with van der Waals surface area (Å²) in [6, 6.07) is -0.768. The fraction of sp³-hybridized carbons (Fsp3) is 0.556. The summed E-state index contributed by atoms with van der Waals surface area (Å²) in [7, 11) is 0. The molecule has 1 rings (SSSR count). The summed E-state index contributed by atoms with van der Waals surface area (Å²) in [5.41, 5.74) is 5.40. The van der Waals surface area contributed by atoms with Gasteiger partial charge in [0.25, 0.3) is 0 Å². The summed E-state index contributed by atoms with van der Waals surface area (Å²) in [5, 5.41) is 2.69. The number of aromatic nitrogens is 1. The smallest absolute Gasteiger partial charge is 0.237 e. The fourth-order valence-electron chi connectivity index (χ4n) is 0.979. The molecule has 0 aliphatic carbocycles. The van der Waals surface area contributed by atoms with E-state index in [-0.39, 0.29) is 11.9 Å². The van der Waals surface area contributed by atoms with Crippen LogP contribution in [0.1, 0.15) is 31.5 Å². The zero-order valence-corrected chi connectivity index (χ0v) is 8.57. The first kappa shape index (κ1) is 10.7. The van der Waals surface area contributed by atoms with Gasteiger partial charge in [-0.2, -0.15) is 0 Å². The molecule has 0 aliphatic heterocycles. The maximum atomic E-state index is 11.2. The second-order valence-electron chi connectivity index (χ2n) is 3.33. The minimum atomic E-state index is -0.520. The molecule has 1 aromatic heterocycles. The van der Waals surface area contributed by atoms with Crippen molar-refractivity contribution >= 4 is 5.91 Å². The molecule has 0 aromatic carbocycles. The van der Waals surface area contributed by atoms with Crippen molar-refractivity contribution in [2.24, 2.45) is 5.73 Å². The predicted octanol–water partition coefficient (Wildman–Crippen LogP) is 0.507. The highest BCUT2D eigenvalue weighted by Gasteiger charge is 2.15. The Morgan fingerprint density at radius 1 is 1.64 bits per heavy atom. The van der Waals surface area contributed by atoms with E-state index in [1.165, 1.54) is 0 Å². The van der Waals surface area contributed by atoms with E-state index in [0.717, 1.165) is 5.76 Å². The van der Waals surface area contributed by atoms with Crippen molar-refractivity contribution in [3.05, 3.63) is 17.8 Å². The average Bonchev–Trinajstić information content (AvgIpc) is 2.51. The quantitative estimate of drug-likeness (QED) is 0.739. The molecule has 0 saturated carbocycles. The normalized spacial score (nSPS) is 14.9. The van der Waals surface area contributed by atoms with Crippen LogP contribution >= 0.6 is 0 Å². The molecular formula is C9H15N3O2. The van der Waals surface area contributed by atoms with Crippen molar-refractivity contribution in [3.63, 3.8) is 0 Å². The molecule has 1 heterocycles. The molecule has 0 bridgehead atoms. The van der Waals surface area contributed by atoms with E-state index in [0.29, 0.717) is 5.89 Å². The molecule has 5 nitrogen and oxygen atoms in total. The third kappa shape index (κ3) is 2.56. The summed E-state index contributed by atoms with van der Waals surface area (Å²) in [6.07, 6.45) is 1.61. The van der Waals surface area contributed by atoms with Gasteiger partial charge < -0.3 is 15.5 Å². The third-order valence-corrected chi connectivity index (χ3v) is 1.78.